The van der Waals surface area contributed by atoms with Crippen molar-refractivity contribution < 1.29 is 0 Å². The molecule has 130 heavy (non-hydrogen) atoms. The predicted molar refractivity (Wildman–Crippen MR) is 536 cm³/mol. The van der Waals surface area contributed by atoms with Gasteiger partial charge in [-0.3, -0.25) is 0 Å². The molecule has 0 bridgehead atoms. The lowest BCUT2D eigenvalue weighted by Gasteiger charge is -2.23. The largest absolute Gasteiger partial charge is 0.208 e. The molecule has 3 aromatic heterocycles. The van der Waals surface area contributed by atoms with Crippen molar-refractivity contribution >= 4 is 64.6 Å². The third kappa shape index (κ3) is 14.0. The lowest BCUT2D eigenvalue weighted by Crippen LogP contribution is -2.15. The Morgan fingerprint density at radius 1 is 0.154 bits per heavy atom. The number of hydrogen-bond acceptors (Lipinski definition) is 9. The van der Waals surface area contributed by atoms with E-state index in [1.165, 1.54) is 93.2 Å². The van der Waals surface area contributed by atoms with Crippen LogP contribution in [0.5, 0.6) is 0 Å². The second-order valence-corrected chi connectivity index (χ2v) is 34.6. The van der Waals surface area contributed by atoms with Crippen LogP contribution in [0.15, 0.2) is 431 Å². The Hall–Kier alpha value is -16.8. The summed E-state index contributed by atoms with van der Waals surface area (Å²) in [6.45, 7) is 9.31. The van der Waals surface area contributed by atoms with E-state index in [1.807, 2.05) is 60.7 Å². The van der Waals surface area contributed by atoms with Gasteiger partial charge in [0, 0.05) is 60.9 Å². The SMILES string of the molecule is CC1(C)c2cc(-c3nc(-c4ccccc4)nc(-c4cc(-c5ccccc5)cc(-c5ccccc5)c4)n3)ccc2-c2ccc3ccccc3c21.CC1(C)c2ccccc2-c2c1cc(-c1nc(-c3ccccc3)nc(-c3ccc(-c4ccccc4)cc3)n1)c1ccccc21.c1ccc(-c2nc(-c3cccc4ccccc34)nc(-c3ccc4ccc5cccc6ccc3c4c56)n2)cc1. The molecule has 0 atom stereocenters. The molecule has 2 aliphatic rings. The van der Waals surface area contributed by atoms with Gasteiger partial charge < -0.3 is 0 Å². The molecule has 0 saturated heterocycles. The van der Waals surface area contributed by atoms with Gasteiger partial charge in [-0.2, -0.15) is 0 Å². The Morgan fingerprint density at radius 2 is 0.492 bits per heavy atom. The maximum absolute atomic E-state index is 5.22. The molecule has 0 unspecified atom stereocenters. The fourth-order valence-electron chi connectivity index (χ4n) is 19.6. The van der Waals surface area contributed by atoms with Crippen LogP contribution in [0.25, 0.3) is 223 Å². The van der Waals surface area contributed by atoms with Crippen LogP contribution in [0.2, 0.25) is 0 Å². The van der Waals surface area contributed by atoms with Gasteiger partial charge in [-0.05, 0) is 179 Å². The Morgan fingerprint density at radius 3 is 1.07 bits per heavy atom. The third-order valence-electron chi connectivity index (χ3n) is 26.1. The molecule has 0 radical (unpaired) electrons. The van der Waals surface area contributed by atoms with Gasteiger partial charge >= 0.3 is 0 Å². The van der Waals surface area contributed by atoms with Crippen LogP contribution in [0.1, 0.15) is 49.9 Å². The van der Waals surface area contributed by atoms with E-state index in [4.69, 9.17) is 44.9 Å². The molecule has 612 valence electrons. The maximum atomic E-state index is 5.22. The molecular weight excluding hydrogens is 1580 g/mol. The number of fused-ring (bicyclic) bond motifs is 11. The number of nitrogens with zero attached hydrogens (tertiary/aromatic N) is 9. The summed E-state index contributed by atoms with van der Waals surface area (Å²) < 4.78 is 0. The Kier molecular flexibility index (Phi) is 19.4. The van der Waals surface area contributed by atoms with Gasteiger partial charge in [0.1, 0.15) is 0 Å². The van der Waals surface area contributed by atoms with Crippen molar-refractivity contribution in [3.63, 3.8) is 0 Å². The van der Waals surface area contributed by atoms with Crippen LogP contribution in [-0.4, -0.2) is 44.9 Å². The first-order chi connectivity index (χ1) is 63.9. The first kappa shape index (κ1) is 78.0. The van der Waals surface area contributed by atoms with E-state index in [0.29, 0.717) is 52.4 Å². The normalized spacial score (nSPS) is 12.6. The van der Waals surface area contributed by atoms with Gasteiger partial charge in [0.15, 0.2) is 52.4 Å². The molecule has 2 aliphatic carbocycles. The molecule has 20 aromatic carbocycles. The summed E-state index contributed by atoms with van der Waals surface area (Å²) in [5.74, 6) is 6.00. The summed E-state index contributed by atoms with van der Waals surface area (Å²) in [6.07, 6.45) is 0. The minimum absolute atomic E-state index is 0.143. The first-order valence-electron chi connectivity index (χ1n) is 44.3. The smallest absolute Gasteiger partial charge is 0.164 e. The number of hydrogen-bond donors (Lipinski definition) is 0. The molecule has 3 heterocycles. The average Bonchev–Trinajstić information content (AvgIpc) is 1.53. The lowest BCUT2D eigenvalue weighted by atomic mass is 9.80. The molecular formula is C121H83N9. The number of benzene rings is 20. The zero-order chi connectivity index (χ0) is 87.0. The second kappa shape index (κ2) is 32.3. The minimum Gasteiger partial charge on any atom is -0.208 e. The molecule has 0 amide bonds. The van der Waals surface area contributed by atoms with E-state index in [0.717, 1.165) is 99.4 Å². The van der Waals surface area contributed by atoms with Crippen molar-refractivity contribution in [2.45, 2.75) is 38.5 Å². The summed E-state index contributed by atoms with van der Waals surface area (Å²) in [4.78, 5) is 45.8. The molecule has 0 spiro atoms. The van der Waals surface area contributed by atoms with Crippen molar-refractivity contribution in [2.24, 2.45) is 0 Å². The van der Waals surface area contributed by atoms with Gasteiger partial charge in [-0.1, -0.05) is 422 Å². The van der Waals surface area contributed by atoms with Crippen LogP contribution in [0.4, 0.5) is 0 Å². The topological polar surface area (TPSA) is 116 Å². The highest BCUT2D eigenvalue weighted by molar-refractivity contribution is 6.25. The van der Waals surface area contributed by atoms with Crippen molar-refractivity contribution in [1.82, 2.24) is 44.9 Å². The number of rotatable bonds is 12. The highest BCUT2D eigenvalue weighted by Gasteiger charge is 2.39. The van der Waals surface area contributed by atoms with Crippen LogP contribution in [0.3, 0.4) is 0 Å². The zero-order valence-electron chi connectivity index (χ0n) is 72.0. The van der Waals surface area contributed by atoms with E-state index < -0.39 is 0 Å². The van der Waals surface area contributed by atoms with Crippen molar-refractivity contribution in [3.05, 3.63) is 453 Å². The van der Waals surface area contributed by atoms with Crippen LogP contribution < -0.4 is 0 Å². The Balaban J connectivity index is 0.000000112. The highest BCUT2D eigenvalue weighted by Crippen LogP contribution is 2.55. The third-order valence-corrected chi connectivity index (χ3v) is 26.1. The summed E-state index contributed by atoms with van der Waals surface area (Å²) in [5, 5.41) is 14.6. The summed E-state index contributed by atoms with van der Waals surface area (Å²) in [7, 11) is 0. The molecule has 23 aromatic rings. The van der Waals surface area contributed by atoms with Gasteiger partial charge in [-0.25, -0.2) is 44.9 Å². The molecule has 0 N–H and O–H groups in total. The van der Waals surface area contributed by atoms with Crippen molar-refractivity contribution in [2.75, 3.05) is 0 Å². The quantitative estimate of drug-likeness (QED) is 0.110. The van der Waals surface area contributed by atoms with Gasteiger partial charge in [0.2, 0.25) is 0 Å². The summed E-state index contributed by atoms with van der Waals surface area (Å²) in [5.41, 5.74) is 25.9. The van der Waals surface area contributed by atoms with Gasteiger partial charge in [0.25, 0.3) is 0 Å². The Labute approximate surface area is 754 Å². The van der Waals surface area contributed by atoms with E-state index in [2.05, 4.69) is 398 Å². The zero-order valence-corrected chi connectivity index (χ0v) is 72.0. The number of aromatic nitrogens is 9. The van der Waals surface area contributed by atoms with Crippen LogP contribution in [-0.2, 0) is 10.8 Å². The summed E-state index contributed by atoms with van der Waals surface area (Å²) in [6, 6.07) is 151. The summed E-state index contributed by atoms with van der Waals surface area (Å²) >= 11 is 0. The van der Waals surface area contributed by atoms with E-state index in [9.17, 15) is 0 Å². The standard InChI is InChI=1S/C46H33N3.C40H29N3.C35H21N3/c1-46(2)41-29-34(23-24-39(41)40-25-22-32-18-12-13-21-38(32)42(40)46)44-47-43(33-19-10-5-11-20-33)48-45(49-44)37-27-35(30-14-6-3-7-15-30)26-36(28-37)31-16-8-4-9-17-31;1-40(2)34-20-12-11-19-32(34)36-31-18-10-9-17-30(31)33(25-35(36)40)39-42-37(28-15-7-4-8-16-28)41-38(43-39)29-23-21-27(22-24-29)26-13-5-3-6-14-26;1-2-9-26(10-3-1)33-36-34(29-15-7-11-22-8-4-5-14-27(22)29)38-35(37-33)30-21-19-25-17-16-23-12-6-13-24-18-20-28(30)32(25)31(23)24/h3-29H,1-2H3;3-25H,1-2H3;1-21H. The highest BCUT2D eigenvalue weighted by atomic mass is 15.1. The molecule has 0 aliphatic heterocycles. The molecule has 0 fully saturated rings. The van der Waals surface area contributed by atoms with Crippen molar-refractivity contribution in [3.8, 4) is 158 Å². The minimum atomic E-state index is -0.186. The first-order valence-corrected chi connectivity index (χ1v) is 44.3. The molecule has 0 saturated carbocycles. The van der Waals surface area contributed by atoms with E-state index in [1.54, 1.807) is 0 Å². The fourth-order valence-corrected chi connectivity index (χ4v) is 19.6. The maximum Gasteiger partial charge on any atom is 0.164 e. The van der Waals surface area contributed by atoms with Gasteiger partial charge in [0.05, 0.1) is 0 Å². The average molecular weight is 1660 g/mol. The van der Waals surface area contributed by atoms with Crippen LogP contribution in [0, 0.1) is 0 Å². The second-order valence-electron chi connectivity index (χ2n) is 34.6. The molecule has 9 heteroatoms. The predicted octanol–water partition coefficient (Wildman–Crippen LogP) is 30.6. The molecule has 9 nitrogen and oxygen atoms in total. The van der Waals surface area contributed by atoms with Gasteiger partial charge in [-0.15, -0.1) is 0 Å². The van der Waals surface area contributed by atoms with Crippen LogP contribution >= 0.6 is 0 Å². The Bertz CT molecular complexity index is 8230. The van der Waals surface area contributed by atoms with E-state index in [-0.39, 0.29) is 10.8 Å². The molecule has 25 rings (SSSR count). The van der Waals surface area contributed by atoms with E-state index >= 15 is 0 Å². The lowest BCUT2D eigenvalue weighted by molar-refractivity contribution is 0.661. The monoisotopic (exact) mass is 1660 g/mol. The van der Waals surface area contributed by atoms with Crippen molar-refractivity contribution in [1.29, 1.82) is 0 Å². The fraction of sp³-hybridized carbons (Fsp3) is 0.0496.